The molecule has 0 aromatic rings. The summed E-state index contributed by atoms with van der Waals surface area (Å²) in [6.07, 6.45) is 13.6. The standard InChI is InChI=1S/C18H36O10S2/c1-2-3-4-5-6-7-8-9-10-11-12-13-14-15-16-18(17(19)20,27-29(21,22)23)28-30(24,25)26/h2-16H2,1H3,(H,19,20)(H,21,22,23)(H,24,25,26). The van der Waals surface area contributed by atoms with Gasteiger partial charge in [0.1, 0.15) is 0 Å². The van der Waals surface area contributed by atoms with Crippen LogP contribution >= 0.6 is 0 Å². The summed E-state index contributed by atoms with van der Waals surface area (Å²) in [6.45, 7) is 2.20. The molecule has 30 heavy (non-hydrogen) atoms. The smallest absolute Gasteiger partial charge is 0.400 e. The molecule has 0 heterocycles. The van der Waals surface area contributed by atoms with Gasteiger partial charge in [0.05, 0.1) is 0 Å². The average molecular weight is 477 g/mol. The van der Waals surface area contributed by atoms with Crippen LogP contribution in [-0.2, 0) is 34.0 Å². The summed E-state index contributed by atoms with van der Waals surface area (Å²) in [5, 5.41) is 9.15. The fourth-order valence-electron chi connectivity index (χ4n) is 3.17. The molecule has 0 unspecified atom stereocenters. The van der Waals surface area contributed by atoms with Gasteiger partial charge in [0.15, 0.2) is 0 Å². The minimum Gasteiger partial charge on any atom is -0.477 e. The Morgan fingerprint density at radius 1 is 0.667 bits per heavy atom. The van der Waals surface area contributed by atoms with Crippen molar-refractivity contribution in [3.05, 3.63) is 0 Å². The van der Waals surface area contributed by atoms with Gasteiger partial charge in [0, 0.05) is 6.42 Å². The number of rotatable bonds is 20. The summed E-state index contributed by atoms with van der Waals surface area (Å²) in [4.78, 5) is 11.3. The van der Waals surface area contributed by atoms with E-state index in [2.05, 4.69) is 15.3 Å². The van der Waals surface area contributed by atoms with Crippen molar-refractivity contribution in [1.82, 2.24) is 0 Å². The Morgan fingerprint density at radius 2 is 0.967 bits per heavy atom. The van der Waals surface area contributed by atoms with E-state index in [1.165, 1.54) is 51.4 Å². The lowest BCUT2D eigenvalue weighted by atomic mass is 10.0. The van der Waals surface area contributed by atoms with Crippen molar-refractivity contribution in [3.63, 3.8) is 0 Å². The van der Waals surface area contributed by atoms with Crippen molar-refractivity contribution >= 4 is 26.8 Å². The fraction of sp³-hybridized carbons (Fsp3) is 0.944. The van der Waals surface area contributed by atoms with E-state index in [1.807, 2.05) is 0 Å². The molecule has 0 saturated carbocycles. The van der Waals surface area contributed by atoms with Crippen molar-refractivity contribution in [3.8, 4) is 0 Å². The lowest BCUT2D eigenvalue weighted by Crippen LogP contribution is -2.47. The van der Waals surface area contributed by atoms with Crippen LogP contribution in [0.25, 0.3) is 0 Å². The van der Waals surface area contributed by atoms with Crippen LogP contribution in [0.3, 0.4) is 0 Å². The molecule has 12 heteroatoms. The summed E-state index contributed by atoms with van der Waals surface area (Å²) in [7, 11) is -10.7. The van der Waals surface area contributed by atoms with Gasteiger partial charge in [-0.1, -0.05) is 90.4 Å². The zero-order valence-electron chi connectivity index (χ0n) is 17.6. The SMILES string of the molecule is CCCCCCCCCCCCCCCCC(OS(=O)(=O)O)(OS(=O)(=O)O)C(=O)O. The third-order valence-corrected chi connectivity index (χ3v) is 5.62. The predicted octanol–water partition coefficient (Wildman–Crippen LogP) is 4.28. The second-order valence-corrected chi connectivity index (χ2v) is 9.47. The molecule has 0 radical (unpaired) electrons. The molecule has 0 saturated heterocycles. The summed E-state index contributed by atoms with van der Waals surface area (Å²) in [5.74, 6) is -5.36. The van der Waals surface area contributed by atoms with Gasteiger partial charge in [-0.3, -0.25) is 9.11 Å². The van der Waals surface area contributed by atoms with Gasteiger partial charge >= 0.3 is 32.6 Å². The summed E-state index contributed by atoms with van der Waals surface area (Å²) in [5.41, 5.74) is 0. The maximum Gasteiger partial charge on any atom is 0.400 e. The van der Waals surface area contributed by atoms with E-state index >= 15 is 0 Å². The van der Waals surface area contributed by atoms with E-state index in [0.717, 1.165) is 25.7 Å². The van der Waals surface area contributed by atoms with E-state index < -0.39 is 39.0 Å². The van der Waals surface area contributed by atoms with E-state index in [9.17, 15) is 21.6 Å². The number of hydrogen-bond donors (Lipinski definition) is 3. The molecule has 180 valence electrons. The highest BCUT2D eigenvalue weighted by atomic mass is 32.3. The molecule has 0 fully saturated rings. The topological polar surface area (TPSA) is 164 Å². The van der Waals surface area contributed by atoms with Crippen LogP contribution < -0.4 is 0 Å². The third kappa shape index (κ3) is 16.0. The number of unbranched alkanes of at least 4 members (excludes halogenated alkanes) is 13. The van der Waals surface area contributed by atoms with Gasteiger partial charge in [-0.15, -0.1) is 0 Å². The molecule has 0 aromatic heterocycles. The molecule has 0 aromatic carbocycles. The first kappa shape index (κ1) is 29.2. The average Bonchev–Trinajstić information content (AvgIpc) is 2.59. The van der Waals surface area contributed by atoms with E-state index in [1.54, 1.807) is 0 Å². The molecule has 0 aliphatic rings. The Hall–Kier alpha value is -0.790. The van der Waals surface area contributed by atoms with Gasteiger partial charge in [0.2, 0.25) is 0 Å². The molecule has 0 aliphatic carbocycles. The number of carboxylic acids is 1. The Labute approximate surface area is 180 Å². The molecule has 0 spiro atoms. The van der Waals surface area contributed by atoms with Crippen molar-refractivity contribution in [2.75, 3.05) is 0 Å². The highest BCUT2D eigenvalue weighted by Gasteiger charge is 2.49. The molecule has 3 N–H and O–H groups in total. The van der Waals surface area contributed by atoms with Gasteiger partial charge < -0.3 is 5.11 Å². The van der Waals surface area contributed by atoms with Gasteiger partial charge in [0.25, 0.3) is 0 Å². The minimum atomic E-state index is -5.35. The number of carboxylic acid groups (broad SMARTS) is 1. The summed E-state index contributed by atoms with van der Waals surface area (Å²) < 4.78 is 69.0. The highest BCUT2D eigenvalue weighted by molar-refractivity contribution is 7.81. The van der Waals surface area contributed by atoms with Crippen LogP contribution in [0.5, 0.6) is 0 Å². The van der Waals surface area contributed by atoms with Crippen LogP contribution in [0.15, 0.2) is 0 Å². The first-order valence-electron chi connectivity index (χ1n) is 10.5. The van der Waals surface area contributed by atoms with Crippen LogP contribution in [-0.4, -0.2) is 42.8 Å². The van der Waals surface area contributed by atoms with Crippen molar-refractivity contribution < 1.29 is 44.2 Å². The number of carbonyl (C=O) groups is 1. The number of hydrogen-bond acceptors (Lipinski definition) is 7. The van der Waals surface area contributed by atoms with Gasteiger partial charge in [-0.05, 0) is 6.42 Å². The molecular formula is C18H36O10S2. The molecule has 10 nitrogen and oxygen atoms in total. The minimum absolute atomic E-state index is 0.0507. The second kappa shape index (κ2) is 15.1. The fourth-order valence-corrected chi connectivity index (χ4v) is 4.27. The Morgan fingerprint density at radius 3 is 1.23 bits per heavy atom. The van der Waals surface area contributed by atoms with Crippen molar-refractivity contribution in [1.29, 1.82) is 0 Å². The first-order chi connectivity index (χ1) is 13.9. The number of aliphatic carboxylic acids is 1. The summed E-state index contributed by atoms with van der Waals surface area (Å²) in [6, 6.07) is 0. The molecular weight excluding hydrogens is 440 g/mol. The van der Waals surface area contributed by atoms with E-state index in [-0.39, 0.29) is 6.42 Å². The predicted molar refractivity (Wildman–Crippen MR) is 111 cm³/mol. The van der Waals surface area contributed by atoms with E-state index in [0.29, 0.717) is 6.42 Å². The maximum absolute atomic E-state index is 11.3. The zero-order valence-corrected chi connectivity index (χ0v) is 19.3. The maximum atomic E-state index is 11.3. The van der Waals surface area contributed by atoms with Crippen LogP contribution in [0, 0.1) is 0 Å². The molecule has 0 rings (SSSR count). The third-order valence-electron chi connectivity index (χ3n) is 4.67. The van der Waals surface area contributed by atoms with Gasteiger partial charge in [-0.25, -0.2) is 13.2 Å². The van der Waals surface area contributed by atoms with E-state index in [4.69, 9.17) is 14.2 Å². The van der Waals surface area contributed by atoms with Crippen LogP contribution in [0.1, 0.15) is 103 Å². The first-order valence-corrected chi connectivity index (χ1v) is 13.2. The zero-order chi connectivity index (χ0) is 23.1. The van der Waals surface area contributed by atoms with Gasteiger partial charge in [-0.2, -0.15) is 16.8 Å². The monoisotopic (exact) mass is 476 g/mol. The van der Waals surface area contributed by atoms with Crippen molar-refractivity contribution in [2.45, 2.75) is 109 Å². The normalized spacial score (nSPS) is 12.9. The summed E-state index contributed by atoms with van der Waals surface area (Å²) >= 11 is 0. The second-order valence-electron chi connectivity index (χ2n) is 7.43. The van der Waals surface area contributed by atoms with Crippen LogP contribution in [0.4, 0.5) is 0 Å². The molecule has 0 atom stereocenters. The van der Waals surface area contributed by atoms with Crippen LogP contribution in [0.2, 0.25) is 0 Å². The quantitative estimate of drug-likeness (QED) is 0.131. The molecule has 0 amide bonds. The largest absolute Gasteiger partial charge is 0.477 e. The lowest BCUT2D eigenvalue weighted by molar-refractivity contribution is -0.188. The molecule has 0 aliphatic heterocycles. The van der Waals surface area contributed by atoms with Crippen molar-refractivity contribution in [2.24, 2.45) is 0 Å². The lowest BCUT2D eigenvalue weighted by Gasteiger charge is -2.25. The highest BCUT2D eigenvalue weighted by Crippen LogP contribution is 2.26. The molecule has 0 bridgehead atoms. The Bertz CT molecular complexity index is 639. The Kier molecular flexibility index (Phi) is 14.7. The Balaban J connectivity index is 4.14.